The number of rotatable bonds is 4. The van der Waals surface area contributed by atoms with Crippen LogP contribution >= 0.6 is 0 Å². The van der Waals surface area contributed by atoms with Gasteiger partial charge in [0, 0.05) is 0 Å². The maximum Gasteiger partial charge on any atom is 0.0678 e. The minimum atomic E-state index is -0.657. The molecule has 0 aliphatic heterocycles. The lowest BCUT2D eigenvalue weighted by molar-refractivity contribution is -0.110. The summed E-state index contributed by atoms with van der Waals surface area (Å²) < 4.78 is 0. The molecule has 4 heteroatoms. The zero-order chi connectivity index (χ0) is 18.0. The summed E-state index contributed by atoms with van der Waals surface area (Å²) in [5.41, 5.74) is -0.657. The van der Waals surface area contributed by atoms with Crippen LogP contribution in [0.25, 0.3) is 0 Å². The second-order valence-electron chi connectivity index (χ2n) is 9.34. The Morgan fingerprint density at radius 2 is 1.00 bits per heavy atom. The quantitative estimate of drug-likeness (QED) is 0.626. The summed E-state index contributed by atoms with van der Waals surface area (Å²) in [6.07, 6.45) is 10.1. The highest BCUT2D eigenvalue weighted by Crippen LogP contribution is 2.49. The Bertz CT molecular complexity index is 380. The lowest BCUT2D eigenvalue weighted by Gasteiger charge is -2.49. The van der Waals surface area contributed by atoms with E-state index in [-0.39, 0.29) is 24.2 Å². The van der Waals surface area contributed by atoms with Gasteiger partial charge in [0.1, 0.15) is 0 Å². The van der Waals surface area contributed by atoms with Crippen LogP contribution in [0.15, 0.2) is 0 Å². The van der Waals surface area contributed by atoms with Crippen molar-refractivity contribution in [3.8, 4) is 0 Å². The molecule has 3 rings (SSSR count). The monoisotopic (exact) mass is 354 g/mol. The molecule has 0 heterocycles. The van der Waals surface area contributed by atoms with Gasteiger partial charge in [-0.3, -0.25) is 0 Å². The Labute approximate surface area is 152 Å². The predicted octanol–water partition coefficient (Wildman–Crippen LogP) is 3.01. The topological polar surface area (TPSA) is 80.9 Å². The highest BCUT2D eigenvalue weighted by Gasteiger charge is 2.46. The van der Waals surface area contributed by atoms with Crippen molar-refractivity contribution in [3.05, 3.63) is 0 Å². The molecule has 4 nitrogen and oxygen atoms in total. The van der Waals surface area contributed by atoms with Gasteiger partial charge in [-0.25, -0.2) is 0 Å². The summed E-state index contributed by atoms with van der Waals surface area (Å²) in [6.45, 7) is 2.23. The molecule has 0 spiro atoms. The fraction of sp³-hybridized carbons (Fsp3) is 1.00. The van der Waals surface area contributed by atoms with E-state index in [0.29, 0.717) is 43.4 Å². The van der Waals surface area contributed by atoms with Crippen molar-refractivity contribution in [1.29, 1.82) is 0 Å². The number of aliphatic hydroxyl groups is 4. The van der Waals surface area contributed by atoms with Gasteiger partial charge in [-0.2, -0.15) is 0 Å². The average molecular weight is 355 g/mol. The van der Waals surface area contributed by atoms with Gasteiger partial charge in [0.25, 0.3) is 0 Å². The maximum absolute atomic E-state index is 11.4. The van der Waals surface area contributed by atoms with E-state index in [1.54, 1.807) is 0 Å². The van der Waals surface area contributed by atoms with Crippen LogP contribution < -0.4 is 0 Å². The Morgan fingerprint density at radius 1 is 0.640 bits per heavy atom. The molecule has 0 aromatic carbocycles. The standard InChI is InChI=1S/C21H38O4/c1-14(21(25)12-10-19(24)11-13-21)20(15-2-6-17(22)7-3-15)16-4-8-18(23)9-5-16/h14-20,22-25H,2-13H2,1H3. The van der Waals surface area contributed by atoms with Gasteiger partial charge >= 0.3 is 0 Å². The second-order valence-corrected chi connectivity index (χ2v) is 9.34. The molecule has 0 aromatic rings. The van der Waals surface area contributed by atoms with E-state index < -0.39 is 5.60 Å². The second kappa shape index (κ2) is 8.24. The summed E-state index contributed by atoms with van der Waals surface area (Å²) >= 11 is 0. The molecule has 0 bridgehead atoms. The SMILES string of the molecule is CC(C(C1CCC(O)CC1)C1CCC(O)CC1)C1(O)CCC(O)CC1. The van der Waals surface area contributed by atoms with Crippen LogP contribution in [-0.2, 0) is 0 Å². The molecular formula is C21H38O4. The van der Waals surface area contributed by atoms with Crippen molar-refractivity contribution in [2.75, 3.05) is 0 Å². The molecule has 1 unspecified atom stereocenters. The predicted molar refractivity (Wildman–Crippen MR) is 98.0 cm³/mol. The van der Waals surface area contributed by atoms with E-state index in [4.69, 9.17) is 0 Å². The fourth-order valence-electron chi connectivity index (χ4n) is 6.09. The molecule has 3 fully saturated rings. The van der Waals surface area contributed by atoms with Crippen LogP contribution in [0.3, 0.4) is 0 Å². The number of hydrogen-bond acceptors (Lipinski definition) is 4. The molecular weight excluding hydrogens is 316 g/mol. The van der Waals surface area contributed by atoms with Gasteiger partial charge in [0.2, 0.25) is 0 Å². The molecule has 3 aliphatic rings. The molecule has 0 saturated heterocycles. The molecule has 4 N–H and O–H groups in total. The highest BCUT2D eigenvalue weighted by molar-refractivity contribution is 4.97. The van der Waals surface area contributed by atoms with Crippen LogP contribution in [0.5, 0.6) is 0 Å². The highest BCUT2D eigenvalue weighted by atomic mass is 16.3. The van der Waals surface area contributed by atoms with Gasteiger partial charge in [-0.1, -0.05) is 6.92 Å². The Balaban J connectivity index is 1.75. The van der Waals surface area contributed by atoms with Crippen LogP contribution in [0.2, 0.25) is 0 Å². The average Bonchev–Trinajstić information content (AvgIpc) is 2.61. The van der Waals surface area contributed by atoms with Crippen LogP contribution in [0.4, 0.5) is 0 Å². The first kappa shape index (κ1) is 19.6. The molecule has 146 valence electrons. The minimum absolute atomic E-state index is 0.145. The smallest absolute Gasteiger partial charge is 0.0678 e. The number of hydrogen-bond donors (Lipinski definition) is 4. The molecule has 3 aliphatic carbocycles. The third kappa shape index (κ3) is 4.58. The first-order valence-electron chi connectivity index (χ1n) is 10.7. The molecule has 0 aromatic heterocycles. The lowest BCUT2D eigenvalue weighted by atomic mass is 9.59. The lowest BCUT2D eigenvalue weighted by Crippen LogP contribution is -2.49. The summed E-state index contributed by atoms with van der Waals surface area (Å²) in [4.78, 5) is 0. The summed E-state index contributed by atoms with van der Waals surface area (Å²) in [5, 5.41) is 41.1. The van der Waals surface area contributed by atoms with Crippen LogP contribution in [0, 0.1) is 23.7 Å². The Morgan fingerprint density at radius 3 is 1.40 bits per heavy atom. The first-order valence-corrected chi connectivity index (χ1v) is 10.7. The summed E-state index contributed by atoms with van der Waals surface area (Å²) in [7, 11) is 0. The summed E-state index contributed by atoms with van der Waals surface area (Å²) in [6, 6.07) is 0. The van der Waals surface area contributed by atoms with Crippen molar-refractivity contribution in [2.45, 2.75) is 108 Å². The third-order valence-corrected chi connectivity index (χ3v) is 7.82. The van der Waals surface area contributed by atoms with E-state index in [0.717, 1.165) is 51.4 Å². The van der Waals surface area contributed by atoms with E-state index >= 15 is 0 Å². The first-order chi connectivity index (χ1) is 11.9. The van der Waals surface area contributed by atoms with E-state index in [9.17, 15) is 20.4 Å². The Hall–Kier alpha value is -0.160. The van der Waals surface area contributed by atoms with Gasteiger partial charge in [0.05, 0.1) is 23.9 Å². The third-order valence-electron chi connectivity index (χ3n) is 7.82. The molecule has 25 heavy (non-hydrogen) atoms. The largest absolute Gasteiger partial charge is 0.393 e. The summed E-state index contributed by atoms with van der Waals surface area (Å²) in [5.74, 6) is 1.85. The number of aliphatic hydroxyl groups excluding tert-OH is 3. The van der Waals surface area contributed by atoms with E-state index in [2.05, 4.69) is 6.92 Å². The van der Waals surface area contributed by atoms with E-state index in [1.807, 2.05) is 0 Å². The zero-order valence-electron chi connectivity index (χ0n) is 15.8. The van der Waals surface area contributed by atoms with Gasteiger partial charge < -0.3 is 20.4 Å². The van der Waals surface area contributed by atoms with Crippen molar-refractivity contribution >= 4 is 0 Å². The molecule has 0 radical (unpaired) electrons. The molecule has 0 amide bonds. The van der Waals surface area contributed by atoms with Crippen molar-refractivity contribution in [2.24, 2.45) is 23.7 Å². The van der Waals surface area contributed by atoms with Gasteiger partial charge in [-0.05, 0) is 101 Å². The van der Waals surface area contributed by atoms with Crippen molar-refractivity contribution in [1.82, 2.24) is 0 Å². The van der Waals surface area contributed by atoms with Crippen molar-refractivity contribution in [3.63, 3.8) is 0 Å². The van der Waals surface area contributed by atoms with Crippen molar-refractivity contribution < 1.29 is 20.4 Å². The fourth-order valence-corrected chi connectivity index (χ4v) is 6.09. The normalized spacial score (nSPS) is 45.7. The van der Waals surface area contributed by atoms with Crippen LogP contribution in [-0.4, -0.2) is 44.3 Å². The zero-order valence-corrected chi connectivity index (χ0v) is 15.8. The van der Waals surface area contributed by atoms with Gasteiger partial charge in [0.15, 0.2) is 0 Å². The maximum atomic E-state index is 11.4. The van der Waals surface area contributed by atoms with Gasteiger partial charge in [-0.15, -0.1) is 0 Å². The Kier molecular flexibility index (Phi) is 6.46. The molecule has 1 atom stereocenters. The van der Waals surface area contributed by atoms with E-state index in [1.165, 1.54) is 0 Å². The minimum Gasteiger partial charge on any atom is -0.393 e. The van der Waals surface area contributed by atoms with Crippen LogP contribution in [0.1, 0.15) is 84.0 Å². The molecule has 3 saturated carbocycles.